The van der Waals surface area contributed by atoms with Gasteiger partial charge in [0.1, 0.15) is 0 Å². The van der Waals surface area contributed by atoms with E-state index in [0.29, 0.717) is 11.1 Å². The van der Waals surface area contributed by atoms with Gasteiger partial charge in [-0.15, -0.1) is 0 Å². The van der Waals surface area contributed by atoms with Crippen LogP contribution in [0.4, 0.5) is 0 Å². The number of carbonyl (C=O) groups is 2. The lowest BCUT2D eigenvalue weighted by molar-refractivity contribution is 0.0234. The number of rotatable bonds is 2. The maximum atomic E-state index is 12.1. The van der Waals surface area contributed by atoms with Crippen LogP contribution < -0.4 is 0 Å². The van der Waals surface area contributed by atoms with Crippen molar-refractivity contribution in [3.63, 3.8) is 0 Å². The Balaban J connectivity index is 2.60. The maximum absolute atomic E-state index is 12.1. The van der Waals surface area contributed by atoms with Gasteiger partial charge in [0.2, 0.25) is 0 Å². The van der Waals surface area contributed by atoms with E-state index in [1.165, 1.54) is 10.0 Å². The predicted molar refractivity (Wildman–Crippen MR) is 60.0 cm³/mol. The van der Waals surface area contributed by atoms with E-state index in [0.717, 1.165) is 12.0 Å². The molecule has 0 fully saturated rings. The molecule has 0 saturated carbocycles. The van der Waals surface area contributed by atoms with Gasteiger partial charge in [0.25, 0.3) is 11.8 Å². The number of carbonyl (C=O) groups excluding carboxylic acids is 2. The van der Waals surface area contributed by atoms with Crippen LogP contribution in [-0.2, 0) is 6.42 Å². The Kier molecular flexibility index (Phi) is 2.52. The first kappa shape index (κ1) is 10.8. The molecule has 0 spiro atoms. The van der Waals surface area contributed by atoms with E-state index < -0.39 is 0 Å². The second-order valence-corrected chi connectivity index (χ2v) is 3.96. The smallest absolute Gasteiger partial charge is 0.267 e. The van der Waals surface area contributed by atoms with Crippen LogP contribution in [0.15, 0.2) is 18.2 Å². The van der Waals surface area contributed by atoms with Gasteiger partial charge in [-0.05, 0) is 18.1 Å². The van der Waals surface area contributed by atoms with Crippen molar-refractivity contribution in [3.8, 4) is 0 Å². The summed E-state index contributed by atoms with van der Waals surface area (Å²) in [4.78, 5) is 24.1. The average Bonchev–Trinajstić information content (AvgIpc) is 2.51. The summed E-state index contributed by atoms with van der Waals surface area (Å²) in [5.74, 6) is -0.456. The Hall–Kier alpha value is -1.68. The molecule has 0 atom stereocenters. The monoisotopic (exact) mass is 218 g/mol. The Bertz CT molecular complexity index is 466. The van der Waals surface area contributed by atoms with Gasteiger partial charge in [0, 0.05) is 14.1 Å². The quantitative estimate of drug-likeness (QED) is 0.703. The SMILES string of the molecule is CCc1cccc2c1C(=O)N(N(C)C)C2=O. The van der Waals surface area contributed by atoms with E-state index in [4.69, 9.17) is 0 Å². The Morgan fingerprint density at radius 2 is 1.88 bits per heavy atom. The Morgan fingerprint density at radius 1 is 1.19 bits per heavy atom. The van der Waals surface area contributed by atoms with Crippen LogP contribution in [-0.4, -0.2) is 35.9 Å². The molecule has 1 aliphatic heterocycles. The minimum atomic E-state index is -0.236. The van der Waals surface area contributed by atoms with Crippen LogP contribution in [0.3, 0.4) is 0 Å². The molecular formula is C12H14N2O2. The summed E-state index contributed by atoms with van der Waals surface area (Å²) >= 11 is 0. The van der Waals surface area contributed by atoms with Gasteiger partial charge >= 0.3 is 0 Å². The first-order valence-corrected chi connectivity index (χ1v) is 5.25. The molecule has 1 heterocycles. The van der Waals surface area contributed by atoms with Gasteiger partial charge in [-0.3, -0.25) is 9.59 Å². The summed E-state index contributed by atoms with van der Waals surface area (Å²) in [6.45, 7) is 1.98. The second-order valence-electron chi connectivity index (χ2n) is 3.96. The van der Waals surface area contributed by atoms with E-state index in [1.54, 1.807) is 20.2 Å². The predicted octanol–water partition coefficient (Wildman–Crippen LogP) is 1.32. The van der Waals surface area contributed by atoms with Crippen LogP contribution in [0.2, 0.25) is 0 Å². The molecule has 4 heteroatoms. The van der Waals surface area contributed by atoms with Crippen LogP contribution in [0, 0.1) is 0 Å². The molecule has 0 radical (unpaired) electrons. The molecule has 4 nitrogen and oxygen atoms in total. The van der Waals surface area contributed by atoms with Gasteiger partial charge in [0.05, 0.1) is 11.1 Å². The first-order chi connectivity index (χ1) is 7.57. The number of amides is 2. The molecule has 0 bridgehead atoms. The average molecular weight is 218 g/mol. The molecule has 1 aliphatic rings. The number of hydrogen-bond donors (Lipinski definition) is 0. The highest BCUT2D eigenvalue weighted by molar-refractivity contribution is 6.21. The van der Waals surface area contributed by atoms with Gasteiger partial charge in [-0.1, -0.05) is 19.1 Å². The van der Waals surface area contributed by atoms with E-state index >= 15 is 0 Å². The minimum absolute atomic E-state index is 0.220. The summed E-state index contributed by atoms with van der Waals surface area (Å²) in [5.41, 5.74) is 2.00. The van der Waals surface area contributed by atoms with Gasteiger partial charge in [-0.25, -0.2) is 10.0 Å². The molecular weight excluding hydrogens is 204 g/mol. The molecule has 2 amide bonds. The van der Waals surface area contributed by atoms with Crippen molar-refractivity contribution < 1.29 is 9.59 Å². The summed E-state index contributed by atoms with van der Waals surface area (Å²) in [5, 5.41) is 2.69. The van der Waals surface area contributed by atoms with Crippen molar-refractivity contribution in [1.82, 2.24) is 10.0 Å². The third-order valence-corrected chi connectivity index (χ3v) is 2.76. The van der Waals surface area contributed by atoms with Crippen molar-refractivity contribution in [2.24, 2.45) is 0 Å². The molecule has 0 saturated heterocycles. The molecule has 0 unspecified atom stereocenters. The van der Waals surface area contributed by atoms with Crippen LogP contribution >= 0.6 is 0 Å². The molecule has 2 rings (SSSR count). The Labute approximate surface area is 94.4 Å². The van der Waals surface area contributed by atoms with Crippen molar-refractivity contribution >= 4 is 11.8 Å². The zero-order chi connectivity index (χ0) is 11.9. The second kappa shape index (κ2) is 3.72. The highest BCUT2D eigenvalue weighted by Gasteiger charge is 2.38. The third-order valence-electron chi connectivity index (χ3n) is 2.76. The van der Waals surface area contributed by atoms with Gasteiger partial charge in [0.15, 0.2) is 0 Å². The number of aryl methyl sites for hydroxylation is 1. The molecule has 84 valence electrons. The molecule has 0 aromatic heterocycles. The number of hydrazine groups is 1. The fourth-order valence-electron chi connectivity index (χ4n) is 2.00. The molecule has 0 aliphatic carbocycles. The van der Waals surface area contributed by atoms with Crippen molar-refractivity contribution in [3.05, 3.63) is 34.9 Å². The Morgan fingerprint density at radius 3 is 2.44 bits per heavy atom. The maximum Gasteiger partial charge on any atom is 0.276 e. The van der Waals surface area contributed by atoms with E-state index in [1.807, 2.05) is 19.1 Å². The third kappa shape index (κ3) is 1.34. The zero-order valence-corrected chi connectivity index (χ0v) is 9.65. The number of imide groups is 1. The zero-order valence-electron chi connectivity index (χ0n) is 9.65. The molecule has 16 heavy (non-hydrogen) atoms. The van der Waals surface area contributed by atoms with Gasteiger partial charge in [-0.2, -0.15) is 0 Å². The first-order valence-electron chi connectivity index (χ1n) is 5.25. The summed E-state index contributed by atoms with van der Waals surface area (Å²) in [6.07, 6.45) is 0.753. The molecule has 1 aromatic rings. The van der Waals surface area contributed by atoms with Crippen LogP contribution in [0.1, 0.15) is 33.2 Å². The standard InChI is InChI=1S/C12H14N2O2/c1-4-8-6-5-7-9-10(8)12(16)14(11(9)15)13(2)3/h5-7H,4H2,1-3H3. The number of nitrogens with zero attached hydrogens (tertiary/aromatic N) is 2. The van der Waals surface area contributed by atoms with Crippen LogP contribution in [0.25, 0.3) is 0 Å². The number of benzene rings is 1. The van der Waals surface area contributed by atoms with E-state index in [9.17, 15) is 9.59 Å². The lowest BCUT2D eigenvalue weighted by atomic mass is 10.0. The van der Waals surface area contributed by atoms with Crippen molar-refractivity contribution in [2.45, 2.75) is 13.3 Å². The van der Waals surface area contributed by atoms with Gasteiger partial charge < -0.3 is 0 Å². The fraction of sp³-hybridized carbons (Fsp3) is 0.333. The normalized spacial score (nSPS) is 14.9. The van der Waals surface area contributed by atoms with Crippen molar-refractivity contribution in [1.29, 1.82) is 0 Å². The molecule has 0 N–H and O–H groups in total. The molecule has 1 aromatic carbocycles. The van der Waals surface area contributed by atoms with Crippen LogP contribution in [0.5, 0.6) is 0 Å². The largest absolute Gasteiger partial charge is 0.276 e. The summed E-state index contributed by atoms with van der Waals surface area (Å²) < 4.78 is 0. The fourth-order valence-corrected chi connectivity index (χ4v) is 2.00. The van der Waals surface area contributed by atoms with E-state index in [2.05, 4.69) is 0 Å². The topological polar surface area (TPSA) is 40.6 Å². The lowest BCUT2D eigenvalue weighted by Crippen LogP contribution is -2.41. The number of hydrogen-bond acceptors (Lipinski definition) is 3. The van der Waals surface area contributed by atoms with E-state index in [-0.39, 0.29) is 11.8 Å². The highest BCUT2D eigenvalue weighted by Crippen LogP contribution is 2.26. The summed E-state index contributed by atoms with van der Waals surface area (Å²) in [7, 11) is 3.38. The minimum Gasteiger partial charge on any atom is -0.267 e. The van der Waals surface area contributed by atoms with Crippen molar-refractivity contribution in [2.75, 3.05) is 14.1 Å². The highest BCUT2D eigenvalue weighted by atomic mass is 16.2. The lowest BCUT2D eigenvalue weighted by Gasteiger charge is -2.21. The number of fused-ring (bicyclic) bond motifs is 1. The summed E-state index contributed by atoms with van der Waals surface area (Å²) in [6, 6.07) is 5.42.